The van der Waals surface area contributed by atoms with Crippen molar-refractivity contribution in [2.45, 2.75) is 38.1 Å². The van der Waals surface area contributed by atoms with Gasteiger partial charge in [0.2, 0.25) is 0 Å². The van der Waals surface area contributed by atoms with Crippen LogP contribution in [0.25, 0.3) is 23.3 Å². The Kier molecular flexibility index (Phi) is 5.95. The van der Waals surface area contributed by atoms with Crippen LogP contribution in [0.15, 0.2) is 97.6 Å². The summed E-state index contributed by atoms with van der Waals surface area (Å²) < 4.78 is 0. The summed E-state index contributed by atoms with van der Waals surface area (Å²) in [4.78, 5) is 0. The molecule has 0 aromatic heterocycles. The molecule has 0 heterocycles. The molecule has 178 valence electrons. The first kappa shape index (κ1) is 22.8. The summed E-state index contributed by atoms with van der Waals surface area (Å²) in [5, 5.41) is 0. The van der Waals surface area contributed by atoms with Gasteiger partial charge in [-0.1, -0.05) is 117 Å². The van der Waals surface area contributed by atoms with E-state index in [4.69, 9.17) is 5.73 Å². The largest absolute Gasteiger partial charge is 0.323 e. The average molecular weight is 468 g/mol. The standard InChI is InChI=1S/C35H33N/c1-23-17-18-26-10-4-3-9-25(26)12-7-15-33-30(23)14-8-16-34(33)35(36)24(2)27-19-20-32-29(21-27)22-28-11-5-6-13-31(28)32/h3-10,13-21,24,28,35H,1,11-12,22,36H2,2H3/b15-7-,18-17-. The fourth-order valence-electron chi connectivity index (χ4n) is 6.08. The van der Waals surface area contributed by atoms with Crippen LogP contribution in [-0.2, 0) is 12.8 Å². The van der Waals surface area contributed by atoms with Crippen molar-refractivity contribution < 1.29 is 0 Å². The molecule has 0 bridgehead atoms. The predicted molar refractivity (Wildman–Crippen MR) is 154 cm³/mol. The van der Waals surface area contributed by atoms with E-state index in [2.05, 4.69) is 117 Å². The summed E-state index contributed by atoms with van der Waals surface area (Å²) in [6, 6.07) is 22.0. The van der Waals surface area contributed by atoms with Crippen molar-refractivity contribution in [3.05, 3.63) is 142 Å². The second-order valence-electron chi connectivity index (χ2n) is 10.4. The molecule has 0 spiro atoms. The molecule has 3 aromatic rings. The van der Waals surface area contributed by atoms with Crippen LogP contribution >= 0.6 is 0 Å². The fraction of sp³-hybridized carbons (Fsp3) is 0.200. The van der Waals surface area contributed by atoms with Crippen molar-refractivity contribution in [1.29, 1.82) is 0 Å². The van der Waals surface area contributed by atoms with E-state index in [1.54, 1.807) is 0 Å². The number of benzene rings is 3. The quantitative estimate of drug-likeness (QED) is 0.412. The third kappa shape index (κ3) is 4.04. The lowest BCUT2D eigenvalue weighted by atomic mass is 9.83. The van der Waals surface area contributed by atoms with E-state index < -0.39 is 0 Å². The van der Waals surface area contributed by atoms with E-state index in [0.717, 1.165) is 30.4 Å². The van der Waals surface area contributed by atoms with E-state index in [1.165, 1.54) is 44.5 Å². The van der Waals surface area contributed by atoms with Gasteiger partial charge in [-0.25, -0.2) is 0 Å². The van der Waals surface area contributed by atoms with Gasteiger partial charge in [0.05, 0.1) is 0 Å². The predicted octanol–water partition coefficient (Wildman–Crippen LogP) is 8.30. The number of hydrogen-bond acceptors (Lipinski definition) is 1. The monoisotopic (exact) mass is 467 g/mol. The average Bonchev–Trinajstić information content (AvgIpc) is 3.29. The molecular formula is C35H33N. The van der Waals surface area contributed by atoms with Crippen LogP contribution in [0.5, 0.6) is 0 Å². The van der Waals surface area contributed by atoms with Gasteiger partial charge in [-0.3, -0.25) is 0 Å². The van der Waals surface area contributed by atoms with Crippen molar-refractivity contribution in [3.8, 4) is 0 Å². The van der Waals surface area contributed by atoms with E-state index in [0.29, 0.717) is 5.92 Å². The van der Waals surface area contributed by atoms with Gasteiger partial charge in [-0.15, -0.1) is 0 Å². The Morgan fingerprint density at radius 2 is 1.78 bits per heavy atom. The molecule has 0 fully saturated rings. The summed E-state index contributed by atoms with van der Waals surface area (Å²) in [7, 11) is 0. The van der Waals surface area contributed by atoms with Crippen LogP contribution in [-0.4, -0.2) is 0 Å². The molecular weight excluding hydrogens is 434 g/mol. The zero-order valence-electron chi connectivity index (χ0n) is 21.0. The molecule has 3 aromatic carbocycles. The molecule has 3 aliphatic rings. The molecule has 3 unspecified atom stereocenters. The summed E-state index contributed by atoms with van der Waals surface area (Å²) in [6.45, 7) is 6.68. The molecule has 3 atom stereocenters. The Morgan fingerprint density at radius 3 is 2.69 bits per heavy atom. The van der Waals surface area contributed by atoms with Gasteiger partial charge in [0.15, 0.2) is 0 Å². The van der Waals surface area contributed by atoms with Gasteiger partial charge >= 0.3 is 0 Å². The number of rotatable bonds is 3. The number of nitrogens with two attached hydrogens (primary N) is 1. The zero-order valence-corrected chi connectivity index (χ0v) is 21.0. The Balaban J connectivity index is 1.34. The molecule has 0 saturated heterocycles. The van der Waals surface area contributed by atoms with Crippen LogP contribution in [0, 0.1) is 5.92 Å². The highest BCUT2D eigenvalue weighted by Crippen LogP contribution is 2.43. The first-order valence-corrected chi connectivity index (χ1v) is 13.1. The van der Waals surface area contributed by atoms with Gasteiger partial charge in [0.1, 0.15) is 0 Å². The number of hydrogen-bond donors (Lipinski definition) is 1. The van der Waals surface area contributed by atoms with Crippen LogP contribution in [0.1, 0.15) is 69.8 Å². The fourth-order valence-corrected chi connectivity index (χ4v) is 6.08. The number of allylic oxidation sites excluding steroid dienone is 7. The highest BCUT2D eigenvalue weighted by Gasteiger charge is 2.28. The first-order valence-electron chi connectivity index (χ1n) is 13.1. The third-order valence-electron chi connectivity index (χ3n) is 8.23. The van der Waals surface area contributed by atoms with E-state index in [9.17, 15) is 0 Å². The molecule has 1 nitrogen and oxygen atoms in total. The maximum absolute atomic E-state index is 7.04. The van der Waals surface area contributed by atoms with Gasteiger partial charge in [0, 0.05) is 12.0 Å². The summed E-state index contributed by atoms with van der Waals surface area (Å²) in [6.07, 6.45) is 18.8. The van der Waals surface area contributed by atoms with Crippen molar-refractivity contribution >= 4 is 23.3 Å². The lowest BCUT2D eigenvalue weighted by Gasteiger charge is -2.25. The summed E-state index contributed by atoms with van der Waals surface area (Å²) in [5.41, 5.74) is 19.9. The molecule has 6 rings (SSSR count). The Hall–Kier alpha value is -3.68. The van der Waals surface area contributed by atoms with Gasteiger partial charge < -0.3 is 5.73 Å². The molecule has 3 aliphatic carbocycles. The molecule has 36 heavy (non-hydrogen) atoms. The van der Waals surface area contributed by atoms with Crippen LogP contribution in [0.4, 0.5) is 0 Å². The molecule has 0 amide bonds. The SMILES string of the molecule is C=C1/C=C\c2ccccc2C/C=C\c2c1cccc2C(N)C(C)c1ccc2c(c1)CC1CC=CC=C21. The lowest BCUT2D eigenvalue weighted by Crippen LogP contribution is -2.19. The van der Waals surface area contributed by atoms with E-state index in [1.807, 2.05) is 0 Å². The van der Waals surface area contributed by atoms with Crippen molar-refractivity contribution in [1.82, 2.24) is 0 Å². The minimum Gasteiger partial charge on any atom is -0.323 e. The molecule has 2 N–H and O–H groups in total. The smallest absolute Gasteiger partial charge is 0.0368 e. The molecule has 0 aliphatic heterocycles. The van der Waals surface area contributed by atoms with Crippen molar-refractivity contribution in [2.75, 3.05) is 0 Å². The van der Waals surface area contributed by atoms with Crippen LogP contribution in [0.2, 0.25) is 0 Å². The lowest BCUT2D eigenvalue weighted by molar-refractivity contribution is 0.596. The summed E-state index contributed by atoms with van der Waals surface area (Å²) in [5.74, 6) is 0.838. The minimum absolute atomic E-state index is 0.112. The minimum atomic E-state index is -0.112. The maximum Gasteiger partial charge on any atom is 0.0368 e. The second kappa shape index (κ2) is 9.41. The zero-order chi connectivity index (χ0) is 24.6. The van der Waals surface area contributed by atoms with Gasteiger partial charge in [0.25, 0.3) is 0 Å². The molecule has 0 radical (unpaired) electrons. The molecule has 1 heteroatoms. The highest BCUT2D eigenvalue weighted by molar-refractivity contribution is 5.84. The first-order chi connectivity index (χ1) is 17.6. The van der Waals surface area contributed by atoms with E-state index >= 15 is 0 Å². The Labute approximate surface area is 215 Å². The number of fused-ring (bicyclic) bond motifs is 5. The Bertz CT molecular complexity index is 1460. The van der Waals surface area contributed by atoms with Gasteiger partial charge in [-0.05, 0) is 80.8 Å². The highest BCUT2D eigenvalue weighted by atomic mass is 14.7. The second-order valence-corrected chi connectivity index (χ2v) is 10.4. The molecule has 0 saturated carbocycles. The summed E-state index contributed by atoms with van der Waals surface area (Å²) >= 11 is 0. The van der Waals surface area contributed by atoms with Gasteiger partial charge in [-0.2, -0.15) is 0 Å². The van der Waals surface area contributed by atoms with Crippen LogP contribution in [0.3, 0.4) is 0 Å². The van der Waals surface area contributed by atoms with E-state index in [-0.39, 0.29) is 12.0 Å². The van der Waals surface area contributed by atoms with Crippen molar-refractivity contribution in [2.24, 2.45) is 11.7 Å². The van der Waals surface area contributed by atoms with Crippen LogP contribution < -0.4 is 5.73 Å². The third-order valence-corrected chi connectivity index (χ3v) is 8.23. The topological polar surface area (TPSA) is 26.0 Å². The van der Waals surface area contributed by atoms with Crippen molar-refractivity contribution in [3.63, 3.8) is 0 Å². The Morgan fingerprint density at radius 1 is 0.889 bits per heavy atom. The normalized spacial score (nSPS) is 21.3. The maximum atomic E-state index is 7.04.